The van der Waals surface area contributed by atoms with Gasteiger partial charge in [0.2, 0.25) is 11.8 Å². The van der Waals surface area contributed by atoms with Gasteiger partial charge >= 0.3 is 0 Å². The molecule has 1 saturated heterocycles. The van der Waals surface area contributed by atoms with Crippen molar-refractivity contribution >= 4 is 40.1 Å². The van der Waals surface area contributed by atoms with Gasteiger partial charge < -0.3 is 10.1 Å². The Morgan fingerprint density at radius 2 is 1.90 bits per heavy atom. The third-order valence-electron chi connectivity index (χ3n) is 4.75. The maximum atomic E-state index is 12.9. The van der Waals surface area contributed by atoms with Crippen LogP contribution in [0.25, 0.3) is 0 Å². The van der Waals surface area contributed by atoms with Crippen molar-refractivity contribution in [2.45, 2.75) is 32.4 Å². The molecule has 29 heavy (non-hydrogen) atoms. The van der Waals surface area contributed by atoms with E-state index in [-0.39, 0.29) is 18.2 Å². The number of carbonyl (C=O) groups excluding carboxylic acids is 2. The summed E-state index contributed by atoms with van der Waals surface area (Å²) in [6.45, 7) is 6.63. The van der Waals surface area contributed by atoms with E-state index in [1.165, 1.54) is 27.8 Å². The fourth-order valence-electron chi connectivity index (χ4n) is 3.03. The predicted octanol–water partition coefficient (Wildman–Crippen LogP) is 4.17. The number of methoxy groups -OCH3 is 1. The van der Waals surface area contributed by atoms with E-state index in [1.54, 1.807) is 31.4 Å². The highest BCUT2D eigenvalue weighted by molar-refractivity contribution is 8.15. The van der Waals surface area contributed by atoms with E-state index in [2.05, 4.69) is 24.2 Å². The van der Waals surface area contributed by atoms with Crippen molar-refractivity contribution in [3.63, 3.8) is 0 Å². The van der Waals surface area contributed by atoms with E-state index in [0.717, 1.165) is 5.69 Å². The van der Waals surface area contributed by atoms with Crippen LogP contribution in [0.2, 0.25) is 0 Å². The number of anilines is 2. The van der Waals surface area contributed by atoms with Gasteiger partial charge in [-0.05, 0) is 68.3 Å². The summed E-state index contributed by atoms with van der Waals surface area (Å²) in [6, 6.07) is 13.0. The third kappa shape index (κ3) is 4.79. The van der Waals surface area contributed by atoms with Crippen molar-refractivity contribution in [2.24, 2.45) is 4.99 Å². The van der Waals surface area contributed by atoms with Crippen LogP contribution in [-0.4, -0.2) is 35.9 Å². The van der Waals surface area contributed by atoms with Crippen molar-refractivity contribution in [1.29, 1.82) is 0 Å². The number of rotatable bonds is 5. The van der Waals surface area contributed by atoms with Crippen LogP contribution >= 0.6 is 11.8 Å². The first-order valence-corrected chi connectivity index (χ1v) is 10.4. The van der Waals surface area contributed by atoms with Gasteiger partial charge in [0.05, 0.1) is 12.8 Å². The first-order chi connectivity index (χ1) is 13.9. The fraction of sp³-hybridized carbons (Fsp3) is 0.318. The molecule has 0 aromatic heterocycles. The quantitative estimate of drug-likeness (QED) is 0.454. The number of aliphatic imine (C=N–C) groups is 1. The standard InChI is InChI=1S/C22H25N3O3S/c1-5-23-22(24-16-7-6-14(2)15(3)12-16)29-19-13-20(26)25(21(19)27)17-8-10-18(28-4)11-9-17/h6-12,19H,5,13H2,1-4H3,(H,23,24)/t19-/m0/s1. The first-order valence-electron chi connectivity index (χ1n) is 9.49. The fourth-order valence-corrected chi connectivity index (χ4v) is 4.11. The highest BCUT2D eigenvalue weighted by Gasteiger charge is 2.40. The van der Waals surface area contributed by atoms with Gasteiger partial charge in [-0.3, -0.25) is 14.6 Å². The molecule has 1 heterocycles. The van der Waals surface area contributed by atoms with Gasteiger partial charge in [0, 0.05) is 18.7 Å². The van der Waals surface area contributed by atoms with E-state index in [9.17, 15) is 9.59 Å². The summed E-state index contributed by atoms with van der Waals surface area (Å²) in [4.78, 5) is 31.2. The molecule has 1 atom stereocenters. The van der Waals surface area contributed by atoms with Gasteiger partial charge in [-0.15, -0.1) is 0 Å². The van der Waals surface area contributed by atoms with Crippen LogP contribution in [0.15, 0.2) is 47.5 Å². The molecule has 0 saturated carbocycles. The van der Waals surface area contributed by atoms with Gasteiger partial charge in [-0.1, -0.05) is 17.8 Å². The predicted molar refractivity (Wildman–Crippen MR) is 119 cm³/mol. The molecule has 1 aliphatic rings. The van der Waals surface area contributed by atoms with Crippen molar-refractivity contribution < 1.29 is 14.3 Å². The Kier molecular flexibility index (Phi) is 6.59. The number of amidine groups is 1. The SMILES string of the molecule is CCN=C(Nc1ccc(C)c(C)c1)S[C@H]1CC(=O)N(c2ccc(OC)cc2)C1=O. The van der Waals surface area contributed by atoms with Crippen LogP contribution in [0.1, 0.15) is 24.5 Å². The minimum atomic E-state index is -0.506. The van der Waals surface area contributed by atoms with Crippen LogP contribution in [0.4, 0.5) is 11.4 Å². The van der Waals surface area contributed by atoms with Gasteiger partial charge in [0.1, 0.15) is 11.0 Å². The number of nitrogens with zero attached hydrogens (tertiary/aromatic N) is 2. The Balaban J connectivity index is 1.74. The van der Waals surface area contributed by atoms with Crippen molar-refractivity contribution in [2.75, 3.05) is 23.9 Å². The molecular formula is C22H25N3O3S. The zero-order valence-corrected chi connectivity index (χ0v) is 17.9. The Bertz CT molecular complexity index is 941. The van der Waals surface area contributed by atoms with Crippen LogP contribution in [0, 0.1) is 13.8 Å². The lowest BCUT2D eigenvalue weighted by atomic mass is 10.1. The molecule has 0 unspecified atom stereocenters. The van der Waals surface area contributed by atoms with E-state index in [1.807, 2.05) is 25.1 Å². The van der Waals surface area contributed by atoms with Gasteiger partial charge in [-0.25, -0.2) is 4.90 Å². The largest absolute Gasteiger partial charge is 0.497 e. The normalized spacial score (nSPS) is 17.0. The zero-order chi connectivity index (χ0) is 21.0. The number of aryl methyl sites for hydroxylation is 2. The molecule has 152 valence electrons. The van der Waals surface area contributed by atoms with E-state index < -0.39 is 5.25 Å². The highest BCUT2D eigenvalue weighted by Crippen LogP contribution is 2.31. The number of amides is 2. The molecule has 1 aliphatic heterocycles. The lowest BCUT2D eigenvalue weighted by Gasteiger charge is -2.16. The molecule has 1 fully saturated rings. The maximum Gasteiger partial charge on any atom is 0.247 e. The van der Waals surface area contributed by atoms with Crippen molar-refractivity contribution in [1.82, 2.24) is 0 Å². The molecule has 6 nitrogen and oxygen atoms in total. The number of ether oxygens (including phenoxy) is 1. The molecule has 2 aromatic carbocycles. The van der Waals surface area contributed by atoms with Crippen LogP contribution in [-0.2, 0) is 9.59 Å². The van der Waals surface area contributed by atoms with Crippen molar-refractivity contribution in [3.05, 3.63) is 53.6 Å². The minimum Gasteiger partial charge on any atom is -0.497 e. The maximum absolute atomic E-state index is 12.9. The third-order valence-corrected chi connectivity index (χ3v) is 5.86. The molecule has 0 aliphatic carbocycles. The Morgan fingerprint density at radius 3 is 2.52 bits per heavy atom. The Hall–Kier alpha value is -2.80. The second-order valence-electron chi connectivity index (χ2n) is 6.78. The van der Waals surface area contributed by atoms with Gasteiger partial charge in [-0.2, -0.15) is 0 Å². The smallest absolute Gasteiger partial charge is 0.247 e. The number of hydrogen-bond donors (Lipinski definition) is 1. The van der Waals surface area contributed by atoms with E-state index in [0.29, 0.717) is 23.1 Å². The van der Waals surface area contributed by atoms with E-state index >= 15 is 0 Å². The molecule has 3 rings (SSSR count). The lowest BCUT2D eigenvalue weighted by molar-refractivity contribution is -0.121. The Labute approximate surface area is 175 Å². The number of benzene rings is 2. The molecule has 2 amide bonds. The van der Waals surface area contributed by atoms with Gasteiger partial charge in [0.15, 0.2) is 5.17 Å². The molecule has 2 aromatic rings. The molecule has 0 spiro atoms. The van der Waals surface area contributed by atoms with Gasteiger partial charge in [0.25, 0.3) is 0 Å². The number of imide groups is 1. The molecule has 1 N–H and O–H groups in total. The summed E-state index contributed by atoms with van der Waals surface area (Å²) in [7, 11) is 1.57. The number of hydrogen-bond acceptors (Lipinski definition) is 5. The van der Waals surface area contributed by atoms with Crippen LogP contribution in [0.5, 0.6) is 5.75 Å². The topological polar surface area (TPSA) is 71.0 Å². The summed E-state index contributed by atoms with van der Waals surface area (Å²) in [5.41, 5.74) is 3.86. The summed E-state index contributed by atoms with van der Waals surface area (Å²) >= 11 is 1.30. The second-order valence-corrected chi connectivity index (χ2v) is 7.97. The molecule has 0 bridgehead atoms. The first kappa shape index (κ1) is 20.9. The number of nitrogens with one attached hydrogen (secondary N) is 1. The monoisotopic (exact) mass is 411 g/mol. The van der Waals surface area contributed by atoms with Crippen LogP contribution < -0.4 is 15.0 Å². The number of thioether (sulfide) groups is 1. The highest BCUT2D eigenvalue weighted by atomic mass is 32.2. The lowest BCUT2D eigenvalue weighted by Crippen LogP contribution is -2.31. The minimum absolute atomic E-state index is 0.146. The van der Waals surface area contributed by atoms with Crippen molar-refractivity contribution in [3.8, 4) is 5.75 Å². The molecular weight excluding hydrogens is 386 g/mol. The summed E-state index contributed by atoms with van der Waals surface area (Å²) in [5.74, 6) is 0.240. The van der Waals surface area contributed by atoms with Crippen LogP contribution in [0.3, 0.4) is 0 Å². The second kappa shape index (κ2) is 9.13. The summed E-state index contributed by atoms with van der Waals surface area (Å²) in [6.07, 6.45) is 0.146. The summed E-state index contributed by atoms with van der Waals surface area (Å²) < 4.78 is 5.14. The average Bonchev–Trinajstić information content (AvgIpc) is 2.98. The van der Waals surface area contributed by atoms with E-state index in [4.69, 9.17) is 4.74 Å². The molecule has 7 heteroatoms. The average molecular weight is 412 g/mol. The number of carbonyl (C=O) groups is 2. The zero-order valence-electron chi connectivity index (χ0n) is 17.1. The Morgan fingerprint density at radius 1 is 1.17 bits per heavy atom. The molecule has 0 radical (unpaired) electrons. The summed E-state index contributed by atoms with van der Waals surface area (Å²) in [5, 5.41) is 3.43.